The first kappa shape index (κ1) is 6.90. The number of imidazole rings is 1. The predicted molar refractivity (Wildman–Crippen MR) is 45.5 cm³/mol. The minimum Gasteiger partial charge on any atom is -0.329 e. The van der Waals surface area contributed by atoms with Crippen molar-refractivity contribution in [2.45, 2.75) is 6.92 Å². The number of H-pyrrole nitrogens is 1. The minimum atomic E-state index is 0.601. The van der Waals surface area contributed by atoms with Gasteiger partial charge in [0.15, 0.2) is 17.0 Å². The van der Waals surface area contributed by atoms with Gasteiger partial charge in [0.1, 0.15) is 6.33 Å². The molecule has 0 radical (unpaired) electrons. The smallest absolute Gasteiger partial charge is 0.183 e. The SMILES string of the molecule is CC=Nc1ncnc2[nH]cnc12. The van der Waals surface area contributed by atoms with Crippen molar-refractivity contribution in [2.75, 3.05) is 0 Å². The maximum atomic E-state index is 4.05. The Kier molecular flexibility index (Phi) is 1.55. The van der Waals surface area contributed by atoms with E-state index in [1.54, 1.807) is 12.5 Å². The summed E-state index contributed by atoms with van der Waals surface area (Å²) in [5.41, 5.74) is 1.42. The van der Waals surface area contributed by atoms with Crippen molar-refractivity contribution in [2.24, 2.45) is 4.99 Å². The molecular weight excluding hydrogens is 154 g/mol. The number of rotatable bonds is 1. The number of aromatic amines is 1. The van der Waals surface area contributed by atoms with Crippen molar-refractivity contribution in [1.82, 2.24) is 19.9 Å². The van der Waals surface area contributed by atoms with Crippen LogP contribution in [-0.2, 0) is 0 Å². The zero-order valence-corrected chi connectivity index (χ0v) is 6.52. The van der Waals surface area contributed by atoms with Gasteiger partial charge in [0.25, 0.3) is 0 Å². The standard InChI is InChI=1S/C7H7N5/c1-2-8-6-5-7(10-3-9-5)12-4-11-6/h2-4H,1H3,(H,9,10,11,12). The Bertz CT molecular complexity index is 416. The van der Waals surface area contributed by atoms with E-state index in [0.29, 0.717) is 17.0 Å². The Hall–Kier alpha value is -1.78. The molecule has 0 amide bonds. The monoisotopic (exact) mass is 161 g/mol. The first-order valence-electron chi connectivity index (χ1n) is 3.54. The summed E-state index contributed by atoms with van der Waals surface area (Å²) in [5, 5.41) is 0. The molecule has 0 atom stereocenters. The third-order valence-corrected chi connectivity index (χ3v) is 1.45. The average molecular weight is 161 g/mol. The highest BCUT2D eigenvalue weighted by Crippen LogP contribution is 2.16. The van der Waals surface area contributed by atoms with Crippen LogP contribution in [0, 0.1) is 0 Å². The molecule has 1 N–H and O–H groups in total. The number of aromatic nitrogens is 4. The summed E-state index contributed by atoms with van der Waals surface area (Å²) in [6.45, 7) is 1.83. The van der Waals surface area contributed by atoms with E-state index in [1.165, 1.54) is 6.33 Å². The maximum Gasteiger partial charge on any atom is 0.183 e. The van der Waals surface area contributed by atoms with E-state index in [0.717, 1.165) is 0 Å². The lowest BCUT2D eigenvalue weighted by atomic mass is 10.5. The summed E-state index contributed by atoms with van der Waals surface area (Å²) >= 11 is 0. The molecule has 0 saturated heterocycles. The average Bonchev–Trinajstić information content (AvgIpc) is 2.53. The van der Waals surface area contributed by atoms with Gasteiger partial charge in [-0.2, -0.15) is 0 Å². The number of fused-ring (bicyclic) bond motifs is 1. The van der Waals surface area contributed by atoms with Crippen LogP contribution in [0.3, 0.4) is 0 Å². The summed E-state index contributed by atoms with van der Waals surface area (Å²) in [6, 6.07) is 0. The van der Waals surface area contributed by atoms with Gasteiger partial charge in [-0.1, -0.05) is 0 Å². The molecule has 0 fully saturated rings. The van der Waals surface area contributed by atoms with Crippen LogP contribution in [0.5, 0.6) is 0 Å². The Morgan fingerprint density at radius 2 is 2.33 bits per heavy atom. The summed E-state index contributed by atoms with van der Waals surface area (Å²) in [5.74, 6) is 0.601. The molecule has 5 nitrogen and oxygen atoms in total. The van der Waals surface area contributed by atoms with Crippen LogP contribution in [0.1, 0.15) is 6.92 Å². The zero-order chi connectivity index (χ0) is 8.39. The zero-order valence-electron chi connectivity index (χ0n) is 6.52. The van der Waals surface area contributed by atoms with E-state index in [9.17, 15) is 0 Å². The lowest BCUT2D eigenvalue weighted by molar-refractivity contribution is 1.18. The van der Waals surface area contributed by atoms with E-state index < -0.39 is 0 Å². The molecule has 0 aromatic carbocycles. The number of nitrogens with one attached hydrogen (secondary N) is 1. The Morgan fingerprint density at radius 3 is 3.17 bits per heavy atom. The molecule has 0 aliphatic heterocycles. The molecule has 60 valence electrons. The van der Waals surface area contributed by atoms with Crippen molar-refractivity contribution in [1.29, 1.82) is 0 Å². The second-order valence-electron chi connectivity index (χ2n) is 2.18. The molecule has 2 aromatic rings. The van der Waals surface area contributed by atoms with E-state index in [1.807, 2.05) is 6.92 Å². The summed E-state index contributed by atoms with van der Waals surface area (Å²) in [4.78, 5) is 18.9. The summed E-state index contributed by atoms with van der Waals surface area (Å²) in [7, 11) is 0. The first-order valence-corrected chi connectivity index (χ1v) is 3.54. The second kappa shape index (κ2) is 2.69. The van der Waals surface area contributed by atoms with E-state index in [-0.39, 0.29) is 0 Å². The molecule has 0 unspecified atom stereocenters. The number of aliphatic imine (C=N–C) groups is 1. The van der Waals surface area contributed by atoms with Gasteiger partial charge in [0.05, 0.1) is 6.33 Å². The molecule has 2 heterocycles. The fourth-order valence-corrected chi connectivity index (χ4v) is 0.969. The van der Waals surface area contributed by atoms with Gasteiger partial charge in [-0.05, 0) is 6.92 Å². The van der Waals surface area contributed by atoms with Crippen LogP contribution in [0.4, 0.5) is 5.82 Å². The predicted octanol–water partition coefficient (Wildman–Crippen LogP) is 1.08. The molecule has 2 rings (SSSR count). The van der Waals surface area contributed by atoms with Crippen LogP contribution in [0.2, 0.25) is 0 Å². The maximum absolute atomic E-state index is 4.05. The van der Waals surface area contributed by atoms with E-state index >= 15 is 0 Å². The van der Waals surface area contributed by atoms with Gasteiger partial charge >= 0.3 is 0 Å². The molecule has 0 aliphatic rings. The fraction of sp³-hybridized carbons (Fsp3) is 0.143. The van der Waals surface area contributed by atoms with Crippen molar-refractivity contribution in [3.05, 3.63) is 12.7 Å². The summed E-state index contributed by atoms with van der Waals surface area (Å²) < 4.78 is 0. The number of hydrogen-bond donors (Lipinski definition) is 1. The van der Waals surface area contributed by atoms with Gasteiger partial charge in [0, 0.05) is 6.21 Å². The molecule has 0 aliphatic carbocycles. The van der Waals surface area contributed by atoms with Crippen molar-refractivity contribution in [3.8, 4) is 0 Å². The Morgan fingerprint density at radius 1 is 1.42 bits per heavy atom. The first-order chi connectivity index (χ1) is 5.92. The van der Waals surface area contributed by atoms with Gasteiger partial charge < -0.3 is 4.98 Å². The topological polar surface area (TPSA) is 66.8 Å². The second-order valence-corrected chi connectivity index (χ2v) is 2.18. The normalized spacial score (nSPS) is 11.4. The largest absolute Gasteiger partial charge is 0.329 e. The van der Waals surface area contributed by atoms with Gasteiger partial charge in [0.2, 0.25) is 0 Å². The van der Waals surface area contributed by atoms with Crippen LogP contribution < -0.4 is 0 Å². The van der Waals surface area contributed by atoms with Crippen LogP contribution >= 0.6 is 0 Å². The third-order valence-electron chi connectivity index (χ3n) is 1.45. The molecule has 5 heteroatoms. The number of hydrogen-bond acceptors (Lipinski definition) is 4. The molecule has 2 aromatic heterocycles. The molecule has 12 heavy (non-hydrogen) atoms. The highest BCUT2D eigenvalue weighted by Gasteiger charge is 2.02. The fourth-order valence-electron chi connectivity index (χ4n) is 0.969. The van der Waals surface area contributed by atoms with Crippen LogP contribution in [-0.4, -0.2) is 26.2 Å². The van der Waals surface area contributed by atoms with E-state index in [4.69, 9.17) is 0 Å². The van der Waals surface area contributed by atoms with Gasteiger partial charge in [-0.25, -0.2) is 19.9 Å². The van der Waals surface area contributed by atoms with Gasteiger partial charge in [-0.15, -0.1) is 0 Å². The van der Waals surface area contributed by atoms with Crippen LogP contribution in [0.25, 0.3) is 11.2 Å². The highest BCUT2D eigenvalue weighted by molar-refractivity contribution is 5.82. The quantitative estimate of drug-likeness (QED) is 0.636. The Labute approximate surface area is 68.6 Å². The van der Waals surface area contributed by atoms with Crippen molar-refractivity contribution < 1.29 is 0 Å². The lowest BCUT2D eigenvalue weighted by Gasteiger charge is -1.90. The van der Waals surface area contributed by atoms with Gasteiger partial charge in [-0.3, -0.25) is 0 Å². The van der Waals surface area contributed by atoms with Crippen molar-refractivity contribution >= 4 is 23.2 Å². The van der Waals surface area contributed by atoms with E-state index in [2.05, 4.69) is 24.9 Å². The molecule has 0 bridgehead atoms. The highest BCUT2D eigenvalue weighted by atomic mass is 15.0. The van der Waals surface area contributed by atoms with Crippen molar-refractivity contribution in [3.63, 3.8) is 0 Å². The molecular formula is C7H7N5. The molecule has 0 spiro atoms. The summed E-state index contributed by atoms with van der Waals surface area (Å²) in [6.07, 6.45) is 4.72. The Balaban J connectivity index is 2.73. The lowest BCUT2D eigenvalue weighted by Crippen LogP contribution is -1.81. The number of nitrogens with zero attached hydrogens (tertiary/aromatic N) is 4. The minimum absolute atomic E-state index is 0.601. The molecule has 0 saturated carbocycles. The van der Waals surface area contributed by atoms with Crippen LogP contribution in [0.15, 0.2) is 17.6 Å². The third kappa shape index (κ3) is 0.952.